The Hall–Kier alpha value is -3.11. The molecule has 3 amide bonds. The third-order valence-electron chi connectivity index (χ3n) is 4.62. The van der Waals surface area contributed by atoms with Crippen LogP contribution in [0.3, 0.4) is 0 Å². The summed E-state index contributed by atoms with van der Waals surface area (Å²) in [4.78, 5) is 63.9. The van der Waals surface area contributed by atoms with E-state index in [1.54, 1.807) is 6.26 Å². The number of aliphatic imine (C=N–C) groups is 1. The van der Waals surface area contributed by atoms with E-state index in [0.29, 0.717) is 5.75 Å². The van der Waals surface area contributed by atoms with Crippen LogP contribution in [0.4, 0.5) is 0 Å². The first-order valence-corrected chi connectivity index (χ1v) is 12.1. The van der Waals surface area contributed by atoms with E-state index in [1.165, 1.54) is 11.8 Å². The van der Waals surface area contributed by atoms with Gasteiger partial charge < -0.3 is 48.5 Å². The average Bonchev–Trinajstić information content (AvgIpc) is 2.79. The summed E-state index contributed by atoms with van der Waals surface area (Å²) >= 11 is 1.39. The highest BCUT2D eigenvalue weighted by Gasteiger charge is 2.30. The molecule has 4 unspecified atom stereocenters. The highest BCUT2D eigenvalue weighted by atomic mass is 32.2. The van der Waals surface area contributed by atoms with Gasteiger partial charge >= 0.3 is 11.9 Å². The molecule has 0 radical (unpaired) electrons. The Morgan fingerprint density at radius 2 is 1.43 bits per heavy atom. The molecule has 0 aromatic heterocycles. The van der Waals surface area contributed by atoms with Crippen LogP contribution in [0, 0.1) is 0 Å². The zero-order valence-corrected chi connectivity index (χ0v) is 20.3. The van der Waals surface area contributed by atoms with E-state index in [4.69, 9.17) is 27.4 Å². The number of rotatable bonds is 18. The van der Waals surface area contributed by atoms with E-state index in [-0.39, 0.29) is 38.2 Å². The zero-order valence-electron chi connectivity index (χ0n) is 19.4. The number of aliphatic hydroxyl groups is 1. The van der Waals surface area contributed by atoms with Crippen molar-refractivity contribution >= 4 is 47.4 Å². The first-order valence-electron chi connectivity index (χ1n) is 10.7. The number of carboxylic acids is 2. The van der Waals surface area contributed by atoms with Gasteiger partial charge in [-0.2, -0.15) is 11.8 Å². The Kier molecular flexibility index (Phi) is 15.8. The molecule has 0 spiro atoms. The number of carboxylic acid groups (broad SMARTS) is 2. The van der Waals surface area contributed by atoms with Crippen LogP contribution in [0.25, 0.3) is 0 Å². The van der Waals surface area contributed by atoms with Gasteiger partial charge in [-0.15, -0.1) is 0 Å². The third-order valence-corrected chi connectivity index (χ3v) is 5.26. The van der Waals surface area contributed by atoms with Crippen LogP contribution < -0.4 is 33.2 Å². The van der Waals surface area contributed by atoms with Crippen molar-refractivity contribution in [3.8, 4) is 0 Å². The minimum atomic E-state index is -1.39. The number of nitrogens with zero attached hydrogens (tertiary/aromatic N) is 1. The molecule has 0 heterocycles. The average molecular weight is 522 g/mol. The number of nitrogens with two attached hydrogens (primary N) is 3. The Labute approximate surface area is 206 Å². The summed E-state index contributed by atoms with van der Waals surface area (Å²) in [5.41, 5.74) is 15.9. The maximum absolute atomic E-state index is 12.8. The SMILES string of the molecule is CSCCC(NC(=O)C(N)CO)C(=O)NC(CCC(=O)O)C(=O)NC(CCCN=C(N)N)C(=O)O. The quantitative estimate of drug-likeness (QED) is 0.0483. The number of carbonyl (C=O) groups excluding carboxylic acids is 3. The number of nitrogens with one attached hydrogen (secondary N) is 3. The summed E-state index contributed by atoms with van der Waals surface area (Å²) in [5, 5.41) is 34.5. The van der Waals surface area contributed by atoms with Crippen LogP contribution in [-0.2, 0) is 24.0 Å². The van der Waals surface area contributed by atoms with E-state index >= 15 is 0 Å². The summed E-state index contributed by atoms with van der Waals surface area (Å²) < 4.78 is 0. The summed E-state index contributed by atoms with van der Waals surface area (Å²) in [6, 6.07) is -5.11. The topological polar surface area (TPSA) is 273 Å². The molecule has 0 aromatic rings. The Morgan fingerprint density at radius 1 is 0.886 bits per heavy atom. The molecule has 15 nitrogen and oxygen atoms in total. The Morgan fingerprint density at radius 3 is 1.91 bits per heavy atom. The monoisotopic (exact) mass is 521 g/mol. The molecule has 200 valence electrons. The molecule has 35 heavy (non-hydrogen) atoms. The predicted octanol–water partition coefficient (Wildman–Crippen LogP) is -3.48. The van der Waals surface area contributed by atoms with Crippen LogP contribution in [-0.4, -0.2) is 100 Å². The van der Waals surface area contributed by atoms with Crippen molar-refractivity contribution in [1.29, 1.82) is 0 Å². The molecular formula is C19H35N7O8S. The number of thioether (sulfide) groups is 1. The lowest BCUT2D eigenvalue weighted by Crippen LogP contribution is -2.57. The van der Waals surface area contributed by atoms with Gasteiger partial charge in [0.15, 0.2) is 5.96 Å². The van der Waals surface area contributed by atoms with Gasteiger partial charge in [-0.1, -0.05) is 0 Å². The van der Waals surface area contributed by atoms with Crippen molar-refractivity contribution in [3.63, 3.8) is 0 Å². The van der Waals surface area contributed by atoms with Crippen LogP contribution in [0.1, 0.15) is 32.1 Å². The van der Waals surface area contributed by atoms with Gasteiger partial charge in [0.05, 0.1) is 6.61 Å². The van der Waals surface area contributed by atoms with Gasteiger partial charge in [0.1, 0.15) is 24.2 Å². The van der Waals surface area contributed by atoms with Crippen LogP contribution in [0.15, 0.2) is 4.99 Å². The molecule has 0 aliphatic carbocycles. The van der Waals surface area contributed by atoms with Crippen molar-refractivity contribution < 1.29 is 39.3 Å². The molecule has 0 bridgehead atoms. The van der Waals surface area contributed by atoms with E-state index in [0.717, 1.165) is 0 Å². The largest absolute Gasteiger partial charge is 0.481 e. The third kappa shape index (κ3) is 14.0. The predicted molar refractivity (Wildman–Crippen MR) is 128 cm³/mol. The molecule has 16 heteroatoms. The van der Waals surface area contributed by atoms with Gasteiger partial charge in [0.2, 0.25) is 17.7 Å². The zero-order chi connectivity index (χ0) is 27.0. The number of hydrogen-bond donors (Lipinski definition) is 9. The lowest BCUT2D eigenvalue weighted by atomic mass is 10.1. The highest BCUT2D eigenvalue weighted by Crippen LogP contribution is 2.06. The molecule has 4 atom stereocenters. The molecule has 0 saturated carbocycles. The van der Waals surface area contributed by atoms with Crippen molar-refractivity contribution in [2.75, 3.05) is 25.2 Å². The molecule has 0 aliphatic rings. The summed E-state index contributed by atoms with van der Waals surface area (Å²) in [7, 11) is 0. The molecule has 0 aliphatic heterocycles. The van der Waals surface area contributed by atoms with Crippen molar-refractivity contribution in [2.24, 2.45) is 22.2 Å². The second-order valence-electron chi connectivity index (χ2n) is 7.47. The number of aliphatic hydroxyl groups excluding tert-OH is 1. The van der Waals surface area contributed by atoms with Crippen LogP contribution >= 0.6 is 11.8 Å². The molecule has 0 rings (SSSR count). The Bertz CT molecular complexity index is 763. The van der Waals surface area contributed by atoms with Crippen molar-refractivity contribution in [3.05, 3.63) is 0 Å². The fourth-order valence-electron chi connectivity index (χ4n) is 2.71. The number of hydrogen-bond acceptors (Lipinski definition) is 9. The highest BCUT2D eigenvalue weighted by molar-refractivity contribution is 7.98. The minimum absolute atomic E-state index is 0.0249. The van der Waals surface area contributed by atoms with Gasteiger partial charge in [-0.05, 0) is 37.7 Å². The second-order valence-corrected chi connectivity index (χ2v) is 8.46. The minimum Gasteiger partial charge on any atom is -0.481 e. The number of aliphatic carboxylic acids is 2. The number of guanidine groups is 1. The first-order chi connectivity index (χ1) is 16.4. The number of amides is 3. The lowest BCUT2D eigenvalue weighted by molar-refractivity contribution is -0.143. The normalized spacial score (nSPS) is 14.0. The maximum atomic E-state index is 12.8. The first kappa shape index (κ1) is 31.9. The smallest absolute Gasteiger partial charge is 0.326 e. The maximum Gasteiger partial charge on any atom is 0.326 e. The molecule has 0 saturated heterocycles. The van der Waals surface area contributed by atoms with Crippen LogP contribution in [0.2, 0.25) is 0 Å². The number of carbonyl (C=O) groups is 5. The Balaban J connectivity index is 5.46. The molecule has 0 fully saturated rings. The van der Waals surface area contributed by atoms with Gasteiger partial charge in [-0.3, -0.25) is 24.2 Å². The van der Waals surface area contributed by atoms with Crippen molar-refractivity contribution in [2.45, 2.75) is 56.3 Å². The second kappa shape index (κ2) is 17.3. The summed E-state index contributed by atoms with van der Waals surface area (Å²) in [5.74, 6) is -4.76. The van der Waals surface area contributed by atoms with Crippen LogP contribution in [0.5, 0.6) is 0 Å². The molecule has 0 aromatic carbocycles. The van der Waals surface area contributed by atoms with E-state index in [1.807, 2.05) is 0 Å². The summed E-state index contributed by atoms with van der Waals surface area (Å²) in [6.45, 7) is -0.514. The van der Waals surface area contributed by atoms with Gasteiger partial charge in [-0.25, -0.2) is 4.79 Å². The van der Waals surface area contributed by atoms with E-state index in [9.17, 15) is 29.1 Å². The van der Waals surface area contributed by atoms with E-state index < -0.39 is 66.9 Å². The standard InChI is InChI=1S/C19H35N7O8S/c1-35-8-6-12(24-15(30)10(20)9-27)17(32)25-11(4-5-14(28)29)16(31)26-13(18(33)34)3-2-7-23-19(21)22/h10-13,27H,2-9,20H2,1H3,(H,24,30)(H,25,32)(H,26,31)(H,28,29)(H,33,34)(H4,21,22,23). The lowest BCUT2D eigenvalue weighted by Gasteiger charge is -2.25. The molecular weight excluding hydrogens is 486 g/mol. The fraction of sp³-hybridized carbons (Fsp3) is 0.684. The molecule has 12 N–H and O–H groups in total. The van der Waals surface area contributed by atoms with Gasteiger partial charge in [0.25, 0.3) is 0 Å². The van der Waals surface area contributed by atoms with E-state index in [2.05, 4.69) is 20.9 Å². The van der Waals surface area contributed by atoms with Gasteiger partial charge in [0, 0.05) is 13.0 Å². The summed E-state index contributed by atoms with van der Waals surface area (Å²) in [6.07, 6.45) is 1.33. The van der Waals surface area contributed by atoms with Crippen molar-refractivity contribution in [1.82, 2.24) is 16.0 Å². The fourth-order valence-corrected chi connectivity index (χ4v) is 3.18.